The fourth-order valence-electron chi connectivity index (χ4n) is 2.23. The quantitative estimate of drug-likeness (QED) is 0.854. The normalized spacial score (nSPS) is 21.5. The van der Waals surface area contributed by atoms with Gasteiger partial charge in [0.15, 0.2) is 0 Å². The first kappa shape index (κ1) is 12.9. The number of benzene rings is 1. The second-order valence-corrected chi connectivity index (χ2v) is 4.71. The van der Waals surface area contributed by atoms with Crippen LogP contribution in [0.3, 0.4) is 0 Å². The Labute approximate surface area is 107 Å². The number of ether oxygens (including phenoxy) is 1. The van der Waals surface area contributed by atoms with Crippen LogP contribution in [0.15, 0.2) is 24.3 Å². The third kappa shape index (κ3) is 2.64. The minimum absolute atomic E-state index is 0.0160. The Morgan fingerprint density at radius 3 is 2.67 bits per heavy atom. The van der Waals surface area contributed by atoms with Crippen LogP contribution in [0, 0.1) is 5.92 Å². The molecule has 4 nitrogen and oxygen atoms in total. The van der Waals surface area contributed by atoms with E-state index in [1.165, 1.54) is 5.56 Å². The van der Waals surface area contributed by atoms with Crippen molar-refractivity contribution in [3.8, 4) is 5.75 Å². The number of hydrogen-bond acceptors (Lipinski definition) is 3. The molecular formula is C14H19NO3. The lowest BCUT2D eigenvalue weighted by Crippen LogP contribution is -2.31. The zero-order chi connectivity index (χ0) is 13.1. The maximum Gasteiger partial charge on any atom is 0.226 e. The van der Waals surface area contributed by atoms with Crippen LogP contribution in [-0.2, 0) is 4.79 Å². The first-order chi connectivity index (χ1) is 8.67. The second-order valence-electron chi connectivity index (χ2n) is 4.71. The van der Waals surface area contributed by atoms with Crippen molar-refractivity contribution in [1.29, 1.82) is 0 Å². The van der Waals surface area contributed by atoms with Crippen molar-refractivity contribution in [1.82, 2.24) is 4.90 Å². The number of amides is 1. The summed E-state index contributed by atoms with van der Waals surface area (Å²) in [6, 6.07) is 7.88. The van der Waals surface area contributed by atoms with E-state index in [2.05, 4.69) is 0 Å². The lowest BCUT2D eigenvalue weighted by Gasteiger charge is -2.15. The van der Waals surface area contributed by atoms with E-state index in [4.69, 9.17) is 9.84 Å². The van der Waals surface area contributed by atoms with Crippen LogP contribution in [0.2, 0.25) is 0 Å². The third-order valence-corrected chi connectivity index (χ3v) is 3.46. The van der Waals surface area contributed by atoms with Gasteiger partial charge in [-0.3, -0.25) is 4.79 Å². The molecule has 98 valence electrons. The molecule has 0 saturated heterocycles. The predicted molar refractivity (Wildman–Crippen MR) is 68.6 cm³/mol. The number of aliphatic hydroxyl groups excluding tert-OH is 1. The molecule has 0 aliphatic heterocycles. The lowest BCUT2D eigenvalue weighted by molar-refractivity contribution is -0.131. The van der Waals surface area contributed by atoms with Crippen LogP contribution in [0.5, 0.6) is 5.75 Å². The first-order valence-electron chi connectivity index (χ1n) is 6.17. The summed E-state index contributed by atoms with van der Waals surface area (Å²) in [7, 11) is 3.38. The molecule has 0 heterocycles. The van der Waals surface area contributed by atoms with Gasteiger partial charge in [0.1, 0.15) is 5.75 Å². The van der Waals surface area contributed by atoms with Gasteiger partial charge in [-0.25, -0.2) is 0 Å². The maximum absolute atomic E-state index is 12.0. The molecule has 1 saturated carbocycles. The van der Waals surface area contributed by atoms with Crippen LogP contribution < -0.4 is 4.74 Å². The minimum atomic E-state index is 0.0160. The molecule has 1 fully saturated rings. The van der Waals surface area contributed by atoms with Crippen molar-refractivity contribution >= 4 is 5.91 Å². The summed E-state index contributed by atoms with van der Waals surface area (Å²) < 4.78 is 5.11. The van der Waals surface area contributed by atoms with Gasteiger partial charge < -0.3 is 14.7 Å². The molecule has 1 aliphatic carbocycles. The van der Waals surface area contributed by atoms with E-state index >= 15 is 0 Å². The largest absolute Gasteiger partial charge is 0.497 e. The molecule has 2 atom stereocenters. The summed E-state index contributed by atoms with van der Waals surface area (Å²) >= 11 is 0. The summed E-state index contributed by atoms with van der Waals surface area (Å²) in [5.41, 5.74) is 1.19. The van der Waals surface area contributed by atoms with Gasteiger partial charge in [-0.2, -0.15) is 0 Å². The van der Waals surface area contributed by atoms with Crippen molar-refractivity contribution in [2.24, 2.45) is 5.92 Å². The van der Waals surface area contributed by atoms with Crippen LogP contribution in [0.25, 0.3) is 0 Å². The Morgan fingerprint density at radius 1 is 1.44 bits per heavy atom. The zero-order valence-electron chi connectivity index (χ0n) is 10.8. The zero-order valence-corrected chi connectivity index (χ0v) is 10.8. The summed E-state index contributed by atoms with van der Waals surface area (Å²) in [5, 5.41) is 8.82. The number of likely N-dealkylation sites (N-methyl/N-ethyl adjacent to an activating group) is 1. The van der Waals surface area contributed by atoms with Crippen molar-refractivity contribution in [3.63, 3.8) is 0 Å². The highest BCUT2D eigenvalue weighted by molar-refractivity contribution is 5.82. The number of rotatable bonds is 5. The molecule has 1 aliphatic rings. The summed E-state index contributed by atoms with van der Waals surface area (Å²) in [6.45, 7) is 0.423. The standard InChI is InChI=1S/C14H19NO3/c1-15(7-8-16)14(17)13-9-12(13)10-3-5-11(18-2)6-4-10/h3-6,12-13,16H,7-9H2,1-2H3. The fraction of sp³-hybridized carbons (Fsp3) is 0.500. The molecule has 1 aromatic rings. The topological polar surface area (TPSA) is 49.8 Å². The van der Waals surface area contributed by atoms with Crippen molar-refractivity contribution < 1.29 is 14.6 Å². The molecule has 0 spiro atoms. The number of hydrogen-bond donors (Lipinski definition) is 1. The van der Waals surface area contributed by atoms with E-state index in [1.807, 2.05) is 24.3 Å². The van der Waals surface area contributed by atoms with Crippen molar-refractivity contribution in [3.05, 3.63) is 29.8 Å². The lowest BCUT2D eigenvalue weighted by atomic mass is 10.1. The van der Waals surface area contributed by atoms with Gasteiger partial charge >= 0.3 is 0 Å². The second kappa shape index (κ2) is 5.40. The van der Waals surface area contributed by atoms with Crippen molar-refractivity contribution in [2.45, 2.75) is 12.3 Å². The molecule has 2 rings (SSSR count). The van der Waals surface area contributed by atoms with Gasteiger partial charge in [0, 0.05) is 19.5 Å². The van der Waals surface area contributed by atoms with Gasteiger partial charge in [-0.1, -0.05) is 12.1 Å². The predicted octanol–water partition coefficient (Wildman–Crippen LogP) is 1.25. The monoisotopic (exact) mass is 249 g/mol. The van der Waals surface area contributed by atoms with Gasteiger partial charge in [0.2, 0.25) is 5.91 Å². The van der Waals surface area contributed by atoms with E-state index in [-0.39, 0.29) is 18.4 Å². The number of nitrogens with zero attached hydrogens (tertiary/aromatic N) is 1. The Bertz CT molecular complexity index is 416. The number of aliphatic hydroxyl groups is 1. The first-order valence-corrected chi connectivity index (χ1v) is 6.17. The molecule has 1 amide bonds. The van der Waals surface area contributed by atoms with Crippen LogP contribution in [0.1, 0.15) is 17.9 Å². The fourth-order valence-corrected chi connectivity index (χ4v) is 2.23. The Kier molecular flexibility index (Phi) is 3.87. The molecule has 1 N–H and O–H groups in total. The van der Waals surface area contributed by atoms with E-state index in [9.17, 15) is 4.79 Å². The molecular weight excluding hydrogens is 230 g/mol. The van der Waals surface area contributed by atoms with Gasteiger partial charge in [-0.15, -0.1) is 0 Å². The third-order valence-electron chi connectivity index (χ3n) is 3.46. The van der Waals surface area contributed by atoms with Crippen LogP contribution >= 0.6 is 0 Å². The summed E-state index contributed by atoms with van der Waals surface area (Å²) in [5.74, 6) is 1.36. The van der Waals surface area contributed by atoms with Crippen molar-refractivity contribution in [2.75, 3.05) is 27.3 Å². The van der Waals surface area contributed by atoms with E-state index in [0.29, 0.717) is 12.5 Å². The highest BCUT2D eigenvalue weighted by Crippen LogP contribution is 2.48. The van der Waals surface area contributed by atoms with Crippen LogP contribution in [-0.4, -0.2) is 43.2 Å². The minimum Gasteiger partial charge on any atom is -0.497 e. The van der Waals surface area contributed by atoms with E-state index in [1.54, 1.807) is 19.1 Å². The Morgan fingerprint density at radius 2 is 2.11 bits per heavy atom. The van der Waals surface area contributed by atoms with Gasteiger partial charge in [0.05, 0.1) is 13.7 Å². The Balaban J connectivity index is 1.95. The summed E-state index contributed by atoms with van der Waals surface area (Å²) in [6.07, 6.45) is 0.904. The Hall–Kier alpha value is -1.55. The maximum atomic E-state index is 12.0. The highest BCUT2D eigenvalue weighted by Gasteiger charge is 2.44. The molecule has 0 bridgehead atoms. The molecule has 0 radical (unpaired) electrons. The summed E-state index contributed by atoms with van der Waals surface area (Å²) in [4.78, 5) is 13.6. The number of methoxy groups -OCH3 is 1. The molecule has 1 aromatic carbocycles. The van der Waals surface area contributed by atoms with E-state index < -0.39 is 0 Å². The van der Waals surface area contributed by atoms with Gasteiger partial charge in [0.25, 0.3) is 0 Å². The molecule has 4 heteroatoms. The van der Waals surface area contributed by atoms with E-state index in [0.717, 1.165) is 12.2 Å². The average molecular weight is 249 g/mol. The van der Waals surface area contributed by atoms with Gasteiger partial charge in [-0.05, 0) is 30.0 Å². The number of carbonyl (C=O) groups is 1. The average Bonchev–Trinajstić information content (AvgIpc) is 3.18. The highest BCUT2D eigenvalue weighted by atomic mass is 16.5. The molecule has 0 aromatic heterocycles. The smallest absolute Gasteiger partial charge is 0.226 e. The van der Waals surface area contributed by atoms with Crippen LogP contribution in [0.4, 0.5) is 0 Å². The SMILES string of the molecule is COc1ccc(C2CC2C(=O)N(C)CCO)cc1. The number of carbonyl (C=O) groups excluding carboxylic acids is 1. The molecule has 18 heavy (non-hydrogen) atoms. The molecule has 2 unspecified atom stereocenters.